The topological polar surface area (TPSA) is 102 Å². The smallest absolute Gasteiger partial charge is 0.260 e. The molecule has 3 aromatic rings. The fraction of sp³-hybridized carbons (Fsp3) is 0.500. The van der Waals surface area contributed by atoms with Crippen LogP contribution in [0.15, 0.2) is 41.3 Å². The van der Waals surface area contributed by atoms with E-state index >= 15 is 0 Å². The molecule has 2 aliphatic heterocycles. The quantitative estimate of drug-likeness (QED) is 0.372. The molecule has 0 unspecified atom stereocenters. The fourth-order valence-corrected chi connectivity index (χ4v) is 7.63. The van der Waals surface area contributed by atoms with Crippen LogP contribution in [0.2, 0.25) is 0 Å². The van der Waals surface area contributed by atoms with Crippen molar-refractivity contribution in [1.29, 1.82) is 0 Å². The van der Waals surface area contributed by atoms with E-state index in [0.29, 0.717) is 61.6 Å². The number of morpholine rings is 1. The van der Waals surface area contributed by atoms with Crippen LogP contribution >= 0.6 is 11.3 Å². The molecule has 1 saturated heterocycles. The van der Waals surface area contributed by atoms with Gasteiger partial charge in [-0.15, -0.1) is 0 Å². The minimum absolute atomic E-state index is 0.158. The summed E-state index contributed by atoms with van der Waals surface area (Å²) in [7, 11) is -3.71. The van der Waals surface area contributed by atoms with Crippen LogP contribution in [0.1, 0.15) is 38.1 Å². The molecule has 12 heteroatoms. The average molecular weight is 589 g/mol. The van der Waals surface area contributed by atoms with Crippen LogP contribution in [-0.4, -0.2) is 93.2 Å². The molecule has 0 aliphatic carbocycles. The van der Waals surface area contributed by atoms with E-state index in [1.54, 1.807) is 17.0 Å². The molecule has 1 amide bonds. The molecule has 10 nitrogen and oxygen atoms in total. The number of fused-ring (bicyclic) bond motifs is 2. The highest BCUT2D eigenvalue weighted by Gasteiger charge is 2.32. The van der Waals surface area contributed by atoms with Crippen molar-refractivity contribution in [2.24, 2.45) is 0 Å². The van der Waals surface area contributed by atoms with Crippen molar-refractivity contribution < 1.29 is 27.4 Å². The van der Waals surface area contributed by atoms with Gasteiger partial charge in [-0.2, -0.15) is 4.31 Å². The lowest BCUT2D eigenvalue weighted by Gasteiger charge is -2.34. The van der Waals surface area contributed by atoms with Crippen molar-refractivity contribution in [2.75, 3.05) is 57.4 Å². The summed E-state index contributed by atoms with van der Waals surface area (Å²) in [4.78, 5) is 22.7. The number of rotatable bonds is 9. The molecule has 40 heavy (non-hydrogen) atoms. The number of likely N-dealkylation sites (N-methyl/N-ethyl adjacent to an activating group) is 1. The Bertz CT molecular complexity index is 1400. The zero-order valence-corrected chi connectivity index (χ0v) is 25.0. The lowest BCUT2D eigenvalue weighted by molar-refractivity contribution is -0.0440. The number of hydrogen-bond acceptors (Lipinski definition) is 9. The molecular weight excluding hydrogens is 552 g/mol. The number of nitrogens with zero attached hydrogens (tertiary/aromatic N) is 4. The van der Waals surface area contributed by atoms with Crippen molar-refractivity contribution in [3.8, 4) is 11.5 Å². The second kappa shape index (κ2) is 12.0. The van der Waals surface area contributed by atoms with Gasteiger partial charge in [-0.3, -0.25) is 9.69 Å². The molecule has 1 fully saturated rings. The van der Waals surface area contributed by atoms with E-state index in [-0.39, 0.29) is 23.0 Å². The zero-order valence-electron chi connectivity index (χ0n) is 23.3. The first kappa shape index (κ1) is 28.7. The maximum atomic E-state index is 13.9. The Morgan fingerprint density at radius 2 is 1.62 bits per heavy atom. The molecule has 2 aliphatic rings. The third-order valence-electron chi connectivity index (χ3n) is 7.18. The number of aromatic nitrogens is 1. The normalized spacial score (nSPS) is 19.7. The van der Waals surface area contributed by atoms with Crippen LogP contribution in [0.5, 0.6) is 11.5 Å². The van der Waals surface area contributed by atoms with Crippen LogP contribution in [0.4, 0.5) is 5.13 Å². The second-order valence-corrected chi connectivity index (χ2v) is 13.0. The monoisotopic (exact) mass is 588 g/mol. The van der Waals surface area contributed by atoms with Gasteiger partial charge in [-0.1, -0.05) is 25.2 Å². The lowest BCUT2D eigenvalue weighted by Crippen LogP contribution is -2.48. The van der Waals surface area contributed by atoms with E-state index < -0.39 is 10.0 Å². The van der Waals surface area contributed by atoms with Gasteiger partial charge in [-0.05, 0) is 51.2 Å². The molecule has 216 valence electrons. The van der Waals surface area contributed by atoms with Gasteiger partial charge in [0.2, 0.25) is 10.0 Å². The first-order valence-electron chi connectivity index (χ1n) is 13.7. The number of hydrogen-bond donors (Lipinski definition) is 0. The number of sulfonamides is 1. The van der Waals surface area contributed by atoms with E-state index in [1.165, 1.54) is 27.8 Å². The Morgan fingerprint density at radius 1 is 1.00 bits per heavy atom. The molecule has 1 aromatic heterocycles. The number of thiazole rings is 1. The Morgan fingerprint density at radius 3 is 2.25 bits per heavy atom. The number of ether oxygens (including phenoxy) is 3. The van der Waals surface area contributed by atoms with Crippen molar-refractivity contribution in [2.45, 2.75) is 44.8 Å². The predicted molar refractivity (Wildman–Crippen MR) is 155 cm³/mol. The lowest BCUT2D eigenvalue weighted by atomic mass is 10.2. The third-order valence-corrected chi connectivity index (χ3v) is 10.1. The molecule has 0 saturated carbocycles. The highest BCUT2D eigenvalue weighted by Crippen LogP contribution is 2.39. The summed E-state index contributed by atoms with van der Waals surface area (Å²) in [5, 5.41) is 0.572. The summed E-state index contributed by atoms with van der Waals surface area (Å²) in [6.07, 6.45) is -0.368. The molecule has 5 rings (SSSR count). The van der Waals surface area contributed by atoms with Gasteiger partial charge < -0.3 is 19.1 Å². The molecule has 2 atom stereocenters. The molecule has 0 radical (unpaired) electrons. The molecule has 0 bridgehead atoms. The minimum atomic E-state index is -3.71. The van der Waals surface area contributed by atoms with Crippen molar-refractivity contribution in [3.05, 3.63) is 42.0 Å². The Kier molecular flexibility index (Phi) is 8.62. The van der Waals surface area contributed by atoms with Gasteiger partial charge >= 0.3 is 0 Å². The predicted octanol–water partition coefficient (Wildman–Crippen LogP) is 3.85. The van der Waals surface area contributed by atoms with Gasteiger partial charge in [0.1, 0.15) is 13.2 Å². The van der Waals surface area contributed by atoms with E-state index in [4.69, 9.17) is 19.2 Å². The standard InChI is InChI=1S/C28H36N4O6S2/c1-5-30(6-2)11-12-32(28-29-23-15-24-25(16-26(23)39-28)37-14-13-36-24)27(33)21-7-9-22(10-8-21)40(34,35)31-17-19(3)38-20(4)18-31/h7-10,15-16,19-20H,5-6,11-14,17-18H2,1-4H3/t19-,20-/m0/s1. The van der Waals surface area contributed by atoms with Crippen LogP contribution in [0.3, 0.4) is 0 Å². The zero-order chi connectivity index (χ0) is 28.4. The van der Waals surface area contributed by atoms with Crippen molar-refractivity contribution >= 4 is 42.6 Å². The number of anilines is 1. The summed E-state index contributed by atoms with van der Waals surface area (Å²) >= 11 is 1.42. The highest BCUT2D eigenvalue weighted by atomic mass is 32.2. The highest BCUT2D eigenvalue weighted by molar-refractivity contribution is 7.89. The largest absolute Gasteiger partial charge is 0.486 e. The van der Waals surface area contributed by atoms with Gasteiger partial charge in [0, 0.05) is 43.9 Å². The Labute approximate surface area is 239 Å². The summed E-state index contributed by atoms with van der Waals surface area (Å²) in [6, 6.07) is 9.95. The minimum Gasteiger partial charge on any atom is -0.486 e. The van der Waals surface area contributed by atoms with E-state index in [1.807, 2.05) is 26.0 Å². The van der Waals surface area contributed by atoms with Crippen LogP contribution in [0.25, 0.3) is 10.2 Å². The summed E-state index contributed by atoms with van der Waals surface area (Å²) in [6.45, 7) is 12.3. The van der Waals surface area contributed by atoms with E-state index in [9.17, 15) is 13.2 Å². The number of amides is 1. The average Bonchev–Trinajstić information content (AvgIpc) is 3.35. The summed E-state index contributed by atoms with van der Waals surface area (Å²) in [5.74, 6) is 1.09. The van der Waals surface area contributed by atoms with Crippen LogP contribution in [0, 0.1) is 0 Å². The van der Waals surface area contributed by atoms with E-state index in [2.05, 4.69) is 18.7 Å². The molecule has 2 aromatic carbocycles. The second-order valence-electron chi connectivity index (χ2n) is 10.0. The van der Waals surface area contributed by atoms with Gasteiger partial charge in [0.15, 0.2) is 16.6 Å². The first-order chi connectivity index (χ1) is 19.2. The number of carbonyl (C=O) groups is 1. The molecule has 3 heterocycles. The van der Waals surface area contributed by atoms with Crippen molar-refractivity contribution in [3.63, 3.8) is 0 Å². The maximum Gasteiger partial charge on any atom is 0.260 e. The van der Waals surface area contributed by atoms with Gasteiger partial charge in [0.05, 0.1) is 27.3 Å². The Balaban J connectivity index is 1.43. The molecule has 0 N–H and O–H groups in total. The van der Waals surface area contributed by atoms with E-state index in [0.717, 1.165) is 23.3 Å². The summed E-state index contributed by atoms with van der Waals surface area (Å²) in [5.41, 5.74) is 1.13. The fourth-order valence-electron chi connectivity index (χ4n) is 5.03. The van der Waals surface area contributed by atoms with Crippen LogP contribution < -0.4 is 14.4 Å². The Hall–Kier alpha value is -2.77. The number of benzene rings is 2. The maximum absolute atomic E-state index is 13.9. The SMILES string of the molecule is CCN(CC)CCN(C(=O)c1ccc(S(=O)(=O)N2C[C@H](C)O[C@@H](C)C2)cc1)c1nc2cc3c(cc2s1)OCCO3. The van der Waals surface area contributed by atoms with Gasteiger partial charge in [-0.25, -0.2) is 13.4 Å². The van der Waals surface area contributed by atoms with Crippen LogP contribution in [-0.2, 0) is 14.8 Å². The first-order valence-corrected chi connectivity index (χ1v) is 15.9. The molecular formula is C28H36N4O6S2. The number of carbonyl (C=O) groups excluding carboxylic acids is 1. The van der Waals surface area contributed by atoms with Crippen molar-refractivity contribution in [1.82, 2.24) is 14.2 Å². The molecule has 0 spiro atoms. The van der Waals surface area contributed by atoms with Gasteiger partial charge in [0.25, 0.3) is 5.91 Å². The third kappa shape index (κ3) is 5.96. The summed E-state index contributed by atoms with van der Waals surface area (Å²) < 4.78 is 46.1.